The number of aromatic nitrogens is 3. The number of pyridine rings is 1. The van der Waals surface area contributed by atoms with E-state index in [2.05, 4.69) is 9.97 Å². The first-order valence-corrected chi connectivity index (χ1v) is 5.60. The van der Waals surface area contributed by atoms with Crippen LogP contribution in [0.3, 0.4) is 0 Å². The van der Waals surface area contributed by atoms with Crippen molar-refractivity contribution in [2.24, 2.45) is 7.05 Å². The van der Waals surface area contributed by atoms with Crippen LogP contribution in [0.15, 0.2) is 23.1 Å². The summed E-state index contributed by atoms with van der Waals surface area (Å²) in [6, 6.07) is 3.17. The molecule has 0 spiro atoms. The van der Waals surface area contributed by atoms with Crippen molar-refractivity contribution in [3.63, 3.8) is 0 Å². The van der Waals surface area contributed by atoms with Crippen LogP contribution in [0.25, 0.3) is 11.4 Å². The van der Waals surface area contributed by atoms with Crippen LogP contribution in [0.2, 0.25) is 10.3 Å². The molecule has 6 heteroatoms. The molecule has 2 aromatic rings. The molecule has 0 bridgehead atoms. The van der Waals surface area contributed by atoms with Gasteiger partial charge in [0.15, 0.2) is 5.82 Å². The van der Waals surface area contributed by atoms with Crippen LogP contribution in [0.5, 0.6) is 0 Å². The molecule has 0 atom stereocenters. The molecule has 0 aliphatic heterocycles. The van der Waals surface area contributed by atoms with Crippen LogP contribution in [-0.2, 0) is 7.05 Å². The van der Waals surface area contributed by atoms with E-state index >= 15 is 0 Å². The second-order valence-corrected chi connectivity index (χ2v) is 4.44. The topological polar surface area (TPSA) is 47.8 Å². The highest BCUT2D eigenvalue weighted by Gasteiger charge is 2.07. The summed E-state index contributed by atoms with van der Waals surface area (Å²) in [6.45, 7) is 1.73. The Morgan fingerprint density at radius 1 is 1.18 bits per heavy atom. The molecule has 0 unspecified atom stereocenters. The van der Waals surface area contributed by atoms with Gasteiger partial charge in [-0.25, -0.2) is 9.97 Å². The van der Waals surface area contributed by atoms with E-state index in [1.807, 2.05) is 0 Å². The summed E-state index contributed by atoms with van der Waals surface area (Å²) in [6.07, 6.45) is 1.65. The first-order chi connectivity index (χ1) is 7.97. The molecule has 0 aromatic carbocycles. The third-order valence-corrected chi connectivity index (χ3v) is 2.67. The minimum atomic E-state index is -0.0538. The van der Waals surface area contributed by atoms with Gasteiger partial charge in [-0.3, -0.25) is 4.79 Å². The fraction of sp³-hybridized carbons (Fsp3) is 0.182. The van der Waals surface area contributed by atoms with Crippen molar-refractivity contribution < 1.29 is 0 Å². The predicted octanol–water partition coefficient (Wildman–Crippen LogP) is 2.46. The second-order valence-electron chi connectivity index (χ2n) is 3.66. The van der Waals surface area contributed by atoms with Crippen LogP contribution >= 0.6 is 23.2 Å². The number of nitrogens with zero attached hydrogens (tertiary/aromatic N) is 3. The number of halogens is 2. The third-order valence-electron chi connectivity index (χ3n) is 2.28. The Hall–Kier alpha value is -1.39. The van der Waals surface area contributed by atoms with Crippen molar-refractivity contribution in [1.82, 2.24) is 14.5 Å². The average molecular weight is 270 g/mol. The third kappa shape index (κ3) is 2.48. The molecule has 0 saturated carbocycles. The molecule has 0 amide bonds. The lowest BCUT2D eigenvalue weighted by molar-refractivity contribution is 0.848. The first-order valence-electron chi connectivity index (χ1n) is 4.85. The van der Waals surface area contributed by atoms with E-state index in [0.717, 1.165) is 0 Å². The highest BCUT2D eigenvalue weighted by molar-refractivity contribution is 6.33. The maximum atomic E-state index is 11.6. The fourth-order valence-electron chi connectivity index (χ4n) is 1.52. The molecule has 0 aliphatic carbocycles. The van der Waals surface area contributed by atoms with Crippen molar-refractivity contribution in [2.75, 3.05) is 0 Å². The second kappa shape index (κ2) is 4.47. The van der Waals surface area contributed by atoms with Crippen LogP contribution in [0, 0.1) is 6.92 Å². The number of hydrogen-bond acceptors (Lipinski definition) is 3. The summed E-state index contributed by atoms with van der Waals surface area (Å²) < 4.78 is 1.48. The minimum absolute atomic E-state index is 0.0538. The molecule has 0 aliphatic rings. The molecule has 0 saturated heterocycles. The Balaban J connectivity index is 2.64. The molecular weight excluding hydrogens is 261 g/mol. The summed E-state index contributed by atoms with van der Waals surface area (Å²) in [5, 5.41) is 0.540. The van der Waals surface area contributed by atoms with Crippen LogP contribution in [0.1, 0.15) is 5.56 Å². The summed E-state index contributed by atoms with van der Waals surface area (Å²) in [5.74, 6) is 0.404. The zero-order valence-electron chi connectivity index (χ0n) is 9.24. The Kier molecular flexibility index (Phi) is 3.17. The molecular formula is C11H9Cl2N3O. The van der Waals surface area contributed by atoms with Crippen molar-refractivity contribution in [2.45, 2.75) is 6.92 Å². The Morgan fingerprint density at radius 3 is 2.29 bits per heavy atom. The largest absolute Gasteiger partial charge is 0.318 e. The molecule has 4 nitrogen and oxygen atoms in total. The van der Waals surface area contributed by atoms with E-state index in [9.17, 15) is 4.79 Å². The van der Waals surface area contributed by atoms with Crippen molar-refractivity contribution in [3.05, 3.63) is 44.6 Å². The number of aryl methyl sites for hydroxylation is 2. The summed E-state index contributed by atoms with van der Waals surface area (Å²) in [5.41, 5.74) is 1.26. The number of rotatable bonds is 1. The molecule has 88 valence electrons. The summed E-state index contributed by atoms with van der Waals surface area (Å²) in [4.78, 5) is 19.7. The predicted molar refractivity (Wildman–Crippen MR) is 67.5 cm³/mol. The summed E-state index contributed by atoms with van der Waals surface area (Å²) >= 11 is 11.6. The maximum Gasteiger partial charge on any atom is 0.253 e. The van der Waals surface area contributed by atoms with Gasteiger partial charge in [-0.1, -0.05) is 23.2 Å². The fourth-order valence-corrected chi connectivity index (χ4v) is 1.94. The van der Waals surface area contributed by atoms with Crippen LogP contribution in [0.4, 0.5) is 0 Å². The minimum Gasteiger partial charge on any atom is -0.318 e. The van der Waals surface area contributed by atoms with Gasteiger partial charge in [-0.2, -0.15) is 0 Å². The lowest BCUT2D eigenvalue weighted by Crippen LogP contribution is -2.18. The zero-order valence-corrected chi connectivity index (χ0v) is 10.7. The highest BCUT2D eigenvalue weighted by atomic mass is 35.5. The molecule has 2 heterocycles. The molecule has 17 heavy (non-hydrogen) atoms. The van der Waals surface area contributed by atoms with E-state index < -0.39 is 0 Å². The first kappa shape index (κ1) is 12.1. The van der Waals surface area contributed by atoms with Crippen molar-refractivity contribution in [3.8, 4) is 11.4 Å². The van der Waals surface area contributed by atoms with Gasteiger partial charge in [0.25, 0.3) is 5.56 Å². The molecule has 0 radical (unpaired) electrons. The smallest absolute Gasteiger partial charge is 0.253 e. The van der Waals surface area contributed by atoms with Gasteiger partial charge in [0.1, 0.15) is 10.3 Å². The van der Waals surface area contributed by atoms with E-state index in [-0.39, 0.29) is 15.9 Å². The van der Waals surface area contributed by atoms with Crippen molar-refractivity contribution >= 4 is 23.2 Å². The van der Waals surface area contributed by atoms with E-state index in [0.29, 0.717) is 17.0 Å². The molecule has 0 N–H and O–H groups in total. The standard InChI is InChI=1S/C11H9Cl2N3O/c1-6-3-7(5-16(2)11(6)17)10-14-8(12)4-9(13)15-10/h3-5H,1-2H3. The van der Waals surface area contributed by atoms with Gasteiger partial charge < -0.3 is 4.57 Å². The van der Waals surface area contributed by atoms with E-state index in [1.54, 1.807) is 26.2 Å². The SMILES string of the molecule is Cc1cc(-c2nc(Cl)cc(Cl)n2)cn(C)c1=O. The van der Waals surface area contributed by atoms with Crippen molar-refractivity contribution in [1.29, 1.82) is 0 Å². The lowest BCUT2D eigenvalue weighted by Gasteiger charge is -2.05. The van der Waals surface area contributed by atoms with Crippen LogP contribution in [-0.4, -0.2) is 14.5 Å². The quantitative estimate of drug-likeness (QED) is 0.748. The van der Waals surface area contributed by atoms with Gasteiger partial charge in [-0.05, 0) is 13.0 Å². The van der Waals surface area contributed by atoms with Gasteiger partial charge in [0, 0.05) is 30.4 Å². The zero-order chi connectivity index (χ0) is 12.6. The van der Waals surface area contributed by atoms with Gasteiger partial charge in [0.05, 0.1) is 0 Å². The Labute approximate surface area is 108 Å². The van der Waals surface area contributed by atoms with Gasteiger partial charge in [-0.15, -0.1) is 0 Å². The Morgan fingerprint density at radius 2 is 1.76 bits per heavy atom. The molecule has 2 aromatic heterocycles. The van der Waals surface area contributed by atoms with Gasteiger partial charge in [0.2, 0.25) is 0 Å². The van der Waals surface area contributed by atoms with E-state index in [1.165, 1.54) is 10.6 Å². The summed E-state index contributed by atoms with van der Waals surface area (Å²) in [7, 11) is 1.67. The molecule has 2 rings (SSSR count). The van der Waals surface area contributed by atoms with E-state index in [4.69, 9.17) is 23.2 Å². The Bertz CT molecular complexity index is 591. The lowest BCUT2D eigenvalue weighted by atomic mass is 10.2. The van der Waals surface area contributed by atoms with Crippen LogP contribution < -0.4 is 5.56 Å². The highest BCUT2D eigenvalue weighted by Crippen LogP contribution is 2.19. The van der Waals surface area contributed by atoms with Gasteiger partial charge >= 0.3 is 0 Å². The normalized spacial score (nSPS) is 10.6. The molecule has 0 fully saturated rings. The maximum absolute atomic E-state index is 11.6. The number of hydrogen-bond donors (Lipinski definition) is 0. The average Bonchev–Trinajstić information content (AvgIpc) is 2.23. The monoisotopic (exact) mass is 269 g/mol.